The average Bonchev–Trinajstić information content (AvgIpc) is 3.23. The summed E-state index contributed by atoms with van der Waals surface area (Å²) in [7, 11) is 1.59. The maximum atomic E-state index is 12.9. The van der Waals surface area contributed by atoms with Crippen molar-refractivity contribution >= 4 is 23.5 Å². The van der Waals surface area contributed by atoms with Crippen LogP contribution in [0.15, 0.2) is 66.3 Å². The Morgan fingerprint density at radius 3 is 2.50 bits per heavy atom. The molecule has 0 saturated carbocycles. The second kappa shape index (κ2) is 11.7. The first kappa shape index (κ1) is 25.2. The lowest BCUT2D eigenvalue weighted by Gasteiger charge is -2.22. The summed E-state index contributed by atoms with van der Waals surface area (Å²) in [6.07, 6.45) is 1.75. The van der Waals surface area contributed by atoms with Crippen LogP contribution in [-0.4, -0.2) is 39.3 Å². The average molecular weight is 479 g/mol. The highest BCUT2D eigenvalue weighted by Crippen LogP contribution is 2.26. The normalized spacial score (nSPS) is 11.8. The number of hydrogen-bond acceptors (Lipinski definition) is 6. The molecule has 0 fully saturated rings. The number of ether oxygens (including phenoxy) is 1. The SMILES string of the molecule is C=CCn1c(SCC(=O)c2ccc(OC)cc2)nnc1[C@H](NC(=O)c1cccc(C)c1)C(C)C. The first-order valence-corrected chi connectivity index (χ1v) is 12.0. The zero-order valence-electron chi connectivity index (χ0n) is 19.9. The molecule has 0 saturated heterocycles. The van der Waals surface area contributed by atoms with Crippen LogP contribution in [-0.2, 0) is 6.54 Å². The molecular weight excluding hydrogens is 448 g/mol. The predicted molar refractivity (Wildman–Crippen MR) is 134 cm³/mol. The predicted octanol–water partition coefficient (Wildman–Crippen LogP) is 4.88. The van der Waals surface area contributed by atoms with Gasteiger partial charge in [0.05, 0.1) is 18.9 Å². The van der Waals surface area contributed by atoms with Gasteiger partial charge in [-0.15, -0.1) is 16.8 Å². The van der Waals surface area contributed by atoms with E-state index in [9.17, 15) is 9.59 Å². The van der Waals surface area contributed by atoms with E-state index in [4.69, 9.17) is 4.74 Å². The quantitative estimate of drug-likeness (QED) is 0.240. The van der Waals surface area contributed by atoms with Gasteiger partial charge in [0.15, 0.2) is 16.8 Å². The number of rotatable bonds is 11. The van der Waals surface area contributed by atoms with E-state index in [1.54, 1.807) is 43.5 Å². The summed E-state index contributed by atoms with van der Waals surface area (Å²) in [6.45, 7) is 10.3. The number of carbonyl (C=O) groups excluding carboxylic acids is 2. The van der Waals surface area contributed by atoms with Gasteiger partial charge in [0.25, 0.3) is 5.91 Å². The van der Waals surface area contributed by atoms with E-state index < -0.39 is 0 Å². The van der Waals surface area contributed by atoms with Gasteiger partial charge in [-0.3, -0.25) is 9.59 Å². The molecule has 1 heterocycles. The number of carbonyl (C=O) groups is 2. The summed E-state index contributed by atoms with van der Waals surface area (Å²) in [5, 5.41) is 12.4. The minimum atomic E-state index is -0.355. The highest BCUT2D eigenvalue weighted by atomic mass is 32.2. The number of hydrogen-bond donors (Lipinski definition) is 1. The minimum absolute atomic E-state index is 0.0180. The summed E-state index contributed by atoms with van der Waals surface area (Å²) in [5.74, 6) is 1.43. The standard InChI is InChI=1S/C26H30N4O3S/c1-6-14-30-24(23(17(2)3)27-25(32)20-9-7-8-18(4)15-20)28-29-26(30)34-16-22(31)19-10-12-21(33-5)13-11-19/h6-13,15,17,23H,1,14,16H2,2-5H3,(H,27,32)/t23-/m1/s1. The van der Waals surface area contributed by atoms with E-state index in [2.05, 4.69) is 22.1 Å². The summed E-state index contributed by atoms with van der Waals surface area (Å²) < 4.78 is 7.05. The van der Waals surface area contributed by atoms with Crippen LogP contribution in [0.5, 0.6) is 5.75 Å². The van der Waals surface area contributed by atoms with Crippen molar-refractivity contribution in [3.63, 3.8) is 0 Å². The summed E-state index contributed by atoms with van der Waals surface area (Å²) in [5.41, 5.74) is 2.22. The van der Waals surface area contributed by atoms with Crippen LogP contribution in [0, 0.1) is 12.8 Å². The Morgan fingerprint density at radius 1 is 1.15 bits per heavy atom. The molecule has 0 aliphatic heterocycles. The second-order valence-corrected chi connectivity index (χ2v) is 9.19. The number of aromatic nitrogens is 3. The molecule has 7 nitrogen and oxygen atoms in total. The van der Waals surface area contributed by atoms with Gasteiger partial charge in [0.2, 0.25) is 0 Å². The Hall–Kier alpha value is -3.39. The van der Waals surface area contributed by atoms with Crippen LogP contribution in [0.25, 0.3) is 0 Å². The van der Waals surface area contributed by atoms with Crippen molar-refractivity contribution in [1.82, 2.24) is 20.1 Å². The van der Waals surface area contributed by atoms with Crippen LogP contribution < -0.4 is 10.1 Å². The molecule has 1 atom stereocenters. The van der Waals surface area contributed by atoms with Crippen LogP contribution in [0.4, 0.5) is 0 Å². The van der Waals surface area contributed by atoms with Gasteiger partial charge in [-0.05, 0) is 49.2 Å². The third kappa shape index (κ3) is 6.14. The highest BCUT2D eigenvalue weighted by Gasteiger charge is 2.26. The van der Waals surface area contributed by atoms with Crippen molar-refractivity contribution in [2.45, 2.75) is 38.5 Å². The summed E-state index contributed by atoms with van der Waals surface area (Å²) in [4.78, 5) is 25.6. The van der Waals surface area contributed by atoms with Crippen molar-refractivity contribution in [1.29, 1.82) is 0 Å². The Kier molecular flexibility index (Phi) is 8.65. The van der Waals surface area contributed by atoms with Crippen molar-refractivity contribution in [3.05, 3.63) is 83.7 Å². The lowest BCUT2D eigenvalue weighted by molar-refractivity contribution is 0.0921. The first-order chi connectivity index (χ1) is 16.3. The molecule has 0 spiro atoms. The Morgan fingerprint density at radius 2 is 1.88 bits per heavy atom. The van der Waals surface area contributed by atoms with Crippen LogP contribution >= 0.6 is 11.8 Å². The zero-order chi connectivity index (χ0) is 24.7. The maximum absolute atomic E-state index is 12.9. The molecule has 1 amide bonds. The molecule has 3 rings (SSSR count). The van der Waals surface area contributed by atoms with E-state index in [0.29, 0.717) is 34.4 Å². The number of methoxy groups -OCH3 is 1. The summed E-state index contributed by atoms with van der Waals surface area (Å²) in [6, 6.07) is 14.1. The van der Waals surface area contributed by atoms with Gasteiger partial charge >= 0.3 is 0 Å². The molecule has 8 heteroatoms. The molecule has 3 aromatic rings. The van der Waals surface area contributed by atoms with Crippen LogP contribution in [0.3, 0.4) is 0 Å². The highest BCUT2D eigenvalue weighted by molar-refractivity contribution is 7.99. The van der Waals surface area contributed by atoms with Crippen molar-refractivity contribution in [2.75, 3.05) is 12.9 Å². The van der Waals surface area contributed by atoms with Crippen molar-refractivity contribution in [3.8, 4) is 5.75 Å². The molecule has 0 radical (unpaired) electrons. The van der Waals surface area contributed by atoms with E-state index in [0.717, 1.165) is 5.56 Å². The third-order valence-electron chi connectivity index (χ3n) is 5.31. The molecule has 0 aliphatic carbocycles. The molecule has 2 aromatic carbocycles. The number of Topliss-reactive ketones (excluding diaryl/α,β-unsaturated/α-hetero) is 1. The largest absolute Gasteiger partial charge is 0.497 e. The van der Waals surface area contributed by atoms with Gasteiger partial charge < -0.3 is 14.6 Å². The lowest BCUT2D eigenvalue weighted by atomic mass is 10.0. The number of thioether (sulfide) groups is 1. The van der Waals surface area contributed by atoms with Crippen molar-refractivity contribution < 1.29 is 14.3 Å². The molecule has 1 N–H and O–H groups in total. The Balaban J connectivity index is 1.79. The van der Waals surface area contributed by atoms with E-state index in [1.165, 1.54) is 11.8 Å². The fourth-order valence-electron chi connectivity index (χ4n) is 3.47. The van der Waals surface area contributed by atoms with Crippen LogP contribution in [0.2, 0.25) is 0 Å². The van der Waals surface area contributed by atoms with E-state index >= 15 is 0 Å². The van der Waals surface area contributed by atoms with Crippen molar-refractivity contribution in [2.24, 2.45) is 5.92 Å². The Labute approximate surface area is 204 Å². The summed E-state index contributed by atoms with van der Waals surface area (Å²) >= 11 is 1.32. The van der Waals surface area contributed by atoms with E-state index in [1.807, 2.05) is 43.5 Å². The monoisotopic (exact) mass is 478 g/mol. The first-order valence-electron chi connectivity index (χ1n) is 11.1. The fraction of sp³-hybridized carbons (Fsp3) is 0.308. The number of nitrogens with zero attached hydrogens (tertiary/aromatic N) is 3. The molecule has 0 aliphatic rings. The number of aryl methyl sites for hydroxylation is 1. The fourth-order valence-corrected chi connectivity index (χ4v) is 4.32. The number of benzene rings is 2. The second-order valence-electron chi connectivity index (χ2n) is 8.25. The molecule has 0 bridgehead atoms. The van der Waals surface area contributed by atoms with Gasteiger partial charge in [0, 0.05) is 17.7 Å². The Bertz CT molecular complexity index is 1160. The molecule has 178 valence electrons. The number of allylic oxidation sites excluding steroid dienone is 1. The topological polar surface area (TPSA) is 86.1 Å². The molecule has 0 unspecified atom stereocenters. The molecular formula is C26H30N4O3S. The smallest absolute Gasteiger partial charge is 0.251 e. The molecule has 1 aromatic heterocycles. The van der Waals surface area contributed by atoms with Gasteiger partial charge in [-0.25, -0.2) is 0 Å². The number of amides is 1. The zero-order valence-corrected chi connectivity index (χ0v) is 20.8. The third-order valence-corrected chi connectivity index (χ3v) is 6.28. The maximum Gasteiger partial charge on any atom is 0.251 e. The van der Waals surface area contributed by atoms with Crippen LogP contribution in [0.1, 0.15) is 52.0 Å². The lowest BCUT2D eigenvalue weighted by Crippen LogP contribution is -2.34. The van der Waals surface area contributed by atoms with Gasteiger partial charge in [0.1, 0.15) is 5.75 Å². The van der Waals surface area contributed by atoms with Gasteiger partial charge in [-0.1, -0.05) is 49.4 Å². The number of ketones is 1. The van der Waals surface area contributed by atoms with Gasteiger partial charge in [-0.2, -0.15) is 0 Å². The van der Waals surface area contributed by atoms with E-state index in [-0.39, 0.29) is 29.4 Å². The number of nitrogens with one attached hydrogen (secondary N) is 1. The minimum Gasteiger partial charge on any atom is -0.497 e. The molecule has 34 heavy (non-hydrogen) atoms.